The minimum Gasteiger partial charge on any atom is -0.507 e. The first-order chi connectivity index (χ1) is 17.0. The lowest BCUT2D eigenvalue weighted by molar-refractivity contribution is 0.463. The maximum absolute atomic E-state index is 11.9. The van der Waals surface area contributed by atoms with Gasteiger partial charge in [-0.25, -0.2) is 0 Å². The molecule has 0 fully saturated rings. The molecule has 208 valence electrons. The van der Waals surface area contributed by atoms with Crippen LogP contribution in [-0.2, 0) is 0 Å². The normalized spacial score (nSPS) is 13.3. The van der Waals surface area contributed by atoms with Crippen molar-refractivity contribution in [1.29, 1.82) is 0 Å². The first kappa shape index (κ1) is 32.0. The van der Waals surface area contributed by atoms with Crippen molar-refractivity contribution in [2.24, 2.45) is 0 Å². The summed E-state index contributed by atoms with van der Waals surface area (Å²) < 4.78 is 0. The van der Waals surface area contributed by atoms with Gasteiger partial charge in [0.1, 0.15) is 11.5 Å². The molecule has 0 saturated carbocycles. The molecule has 0 spiro atoms. The van der Waals surface area contributed by atoms with Crippen molar-refractivity contribution in [1.82, 2.24) is 0 Å². The highest BCUT2D eigenvalue weighted by Gasteiger charge is 2.48. The lowest BCUT2D eigenvalue weighted by Gasteiger charge is -2.44. The van der Waals surface area contributed by atoms with Gasteiger partial charge >= 0.3 is 0 Å². The number of aryl methyl sites for hydroxylation is 2. The van der Waals surface area contributed by atoms with Gasteiger partial charge in [0.15, 0.2) is 0 Å². The summed E-state index contributed by atoms with van der Waals surface area (Å²) in [6.45, 7) is 32.4. The van der Waals surface area contributed by atoms with Gasteiger partial charge in [-0.2, -0.15) is 0 Å². The Morgan fingerprint density at radius 2 is 0.730 bits per heavy atom. The molecule has 0 unspecified atom stereocenters. The van der Waals surface area contributed by atoms with Crippen molar-refractivity contribution in [3.05, 3.63) is 35.4 Å². The van der Waals surface area contributed by atoms with Crippen LogP contribution in [0.1, 0.15) is 94.2 Å². The van der Waals surface area contributed by atoms with Crippen LogP contribution < -0.4 is 10.4 Å². The number of rotatable bonds is 10. The highest BCUT2D eigenvalue weighted by molar-refractivity contribution is 7.99. The number of phenols is 2. The predicted molar refractivity (Wildman–Crippen MR) is 171 cm³/mol. The van der Waals surface area contributed by atoms with E-state index in [9.17, 15) is 10.2 Å². The Morgan fingerprint density at radius 3 is 0.946 bits per heavy atom. The SMILES string of the molecule is Cc1cc(Sc2cc(C)cc([Si](C(C)C)(C(C)C)C(C)C)c2O)c(O)c([Si](C(C)C)(C(C)C)C(C)C)c1. The fourth-order valence-corrected chi connectivity index (χ4v) is 23.4. The monoisotopic (exact) mass is 558 g/mol. The topological polar surface area (TPSA) is 40.5 Å². The molecule has 0 heterocycles. The van der Waals surface area contributed by atoms with Crippen molar-refractivity contribution >= 4 is 38.3 Å². The predicted octanol–water partition coefficient (Wildman–Crippen LogP) is 9.64. The molecule has 2 aromatic rings. The fourth-order valence-electron chi connectivity index (χ4n) is 8.29. The molecule has 2 N–H and O–H groups in total. The van der Waals surface area contributed by atoms with Crippen LogP contribution in [0, 0.1) is 13.8 Å². The van der Waals surface area contributed by atoms with Gasteiger partial charge in [-0.3, -0.25) is 0 Å². The number of phenolic OH excluding ortho intramolecular Hbond substituents is 2. The van der Waals surface area contributed by atoms with Crippen LogP contribution in [-0.4, -0.2) is 26.4 Å². The molecular formula is C32H54O2SSi2. The number of hydrogen-bond donors (Lipinski definition) is 2. The summed E-state index contributed by atoms with van der Waals surface area (Å²) in [7, 11) is -4.11. The number of aromatic hydroxyl groups is 2. The zero-order chi connectivity index (χ0) is 28.6. The third-order valence-corrected chi connectivity index (χ3v) is 24.5. The summed E-state index contributed by atoms with van der Waals surface area (Å²) in [6.07, 6.45) is 0. The van der Waals surface area contributed by atoms with Gasteiger partial charge in [0.25, 0.3) is 0 Å². The summed E-state index contributed by atoms with van der Waals surface area (Å²) >= 11 is 1.54. The van der Waals surface area contributed by atoms with Crippen LogP contribution >= 0.6 is 11.8 Å². The number of hydrogen-bond acceptors (Lipinski definition) is 3. The second kappa shape index (κ2) is 11.9. The fraction of sp³-hybridized carbons (Fsp3) is 0.625. The van der Waals surface area contributed by atoms with E-state index in [0.29, 0.717) is 44.7 Å². The van der Waals surface area contributed by atoms with Crippen molar-refractivity contribution in [2.75, 3.05) is 0 Å². The molecule has 0 radical (unpaired) electrons. The Bertz CT molecular complexity index is 958. The molecule has 2 rings (SSSR count). The molecule has 0 bridgehead atoms. The van der Waals surface area contributed by atoms with Crippen LogP contribution in [0.25, 0.3) is 0 Å². The van der Waals surface area contributed by atoms with E-state index in [1.807, 2.05) is 0 Å². The third kappa shape index (κ3) is 5.47. The van der Waals surface area contributed by atoms with Crippen molar-refractivity contribution in [3.8, 4) is 11.5 Å². The van der Waals surface area contributed by atoms with E-state index in [0.717, 1.165) is 9.79 Å². The van der Waals surface area contributed by atoms with Gasteiger partial charge in [0, 0.05) is 0 Å². The third-order valence-electron chi connectivity index (χ3n) is 9.32. The molecule has 0 aliphatic rings. The van der Waals surface area contributed by atoms with Crippen molar-refractivity contribution in [3.63, 3.8) is 0 Å². The van der Waals surface area contributed by atoms with Gasteiger partial charge in [0.05, 0.1) is 25.9 Å². The van der Waals surface area contributed by atoms with Crippen LogP contribution in [0.15, 0.2) is 34.1 Å². The maximum atomic E-state index is 11.9. The Labute approximate surface area is 234 Å². The summed E-state index contributed by atoms with van der Waals surface area (Å²) in [4.78, 5) is 1.73. The molecule has 0 aliphatic carbocycles. The van der Waals surface area contributed by atoms with E-state index < -0.39 is 16.1 Å². The Balaban J connectivity index is 2.83. The summed E-state index contributed by atoms with van der Waals surface area (Å²) in [6, 6.07) is 8.70. The zero-order valence-electron chi connectivity index (χ0n) is 26.1. The lowest BCUT2D eigenvalue weighted by Crippen LogP contribution is -2.55. The van der Waals surface area contributed by atoms with Gasteiger partial charge in [0.2, 0.25) is 0 Å². The minimum absolute atomic E-state index is 0.431. The Hall–Kier alpha value is -1.18. The van der Waals surface area contributed by atoms with E-state index in [1.165, 1.54) is 21.5 Å². The van der Waals surface area contributed by atoms with E-state index in [4.69, 9.17) is 0 Å². The molecule has 0 aliphatic heterocycles. The molecule has 37 heavy (non-hydrogen) atoms. The quantitative estimate of drug-likeness (QED) is 0.285. The van der Waals surface area contributed by atoms with Crippen LogP contribution in [0.5, 0.6) is 11.5 Å². The second-order valence-electron chi connectivity index (χ2n) is 13.2. The van der Waals surface area contributed by atoms with E-state index in [1.54, 1.807) is 11.8 Å². The molecule has 2 aromatic carbocycles. The van der Waals surface area contributed by atoms with E-state index >= 15 is 0 Å². The van der Waals surface area contributed by atoms with Gasteiger partial charge < -0.3 is 10.2 Å². The maximum Gasteiger partial charge on any atom is 0.128 e. The molecule has 2 nitrogen and oxygen atoms in total. The van der Waals surface area contributed by atoms with Gasteiger partial charge in [-0.05, 0) is 80.7 Å². The van der Waals surface area contributed by atoms with Crippen LogP contribution in [0.2, 0.25) is 33.2 Å². The highest BCUT2D eigenvalue weighted by atomic mass is 32.2. The largest absolute Gasteiger partial charge is 0.507 e. The highest BCUT2D eigenvalue weighted by Crippen LogP contribution is 2.48. The first-order valence-electron chi connectivity index (χ1n) is 14.3. The standard InChI is InChI=1S/C32H54O2SSi2/c1-19(2)36(20(3)4,21(5)6)29-17-25(13)15-27(31(29)33)35-28-16-26(14)18-30(32(28)34)37(22(7)8,23(9)10)24(11)12/h15-24,33-34H,1-14H3. The average Bonchev–Trinajstić information content (AvgIpc) is 2.73. The van der Waals surface area contributed by atoms with Crippen molar-refractivity contribution < 1.29 is 10.2 Å². The Kier molecular flexibility index (Phi) is 10.3. The second-order valence-corrected chi connectivity index (χ2v) is 26.0. The van der Waals surface area contributed by atoms with Gasteiger partial charge in [-0.1, -0.05) is 107 Å². The molecule has 0 aromatic heterocycles. The zero-order valence-corrected chi connectivity index (χ0v) is 28.9. The molecular weight excluding hydrogens is 505 g/mol. The molecule has 0 saturated heterocycles. The van der Waals surface area contributed by atoms with E-state index in [-0.39, 0.29) is 0 Å². The van der Waals surface area contributed by atoms with E-state index in [2.05, 4.69) is 121 Å². The minimum atomic E-state index is -2.06. The summed E-state index contributed by atoms with van der Waals surface area (Å²) in [5.74, 6) is 0.863. The first-order valence-corrected chi connectivity index (χ1v) is 19.6. The Morgan fingerprint density at radius 1 is 0.486 bits per heavy atom. The summed E-state index contributed by atoms with van der Waals surface area (Å²) in [5.41, 5.74) is 5.39. The van der Waals surface area contributed by atoms with Gasteiger partial charge in [-0.15, -0.1) is 0 Å². The molecule has 0 amide bonds. The van der Waals surface area contributed by atoms with Crippen molar-refractivity contribution in [2.45, 2.75) is 140 Å². The molecule has 0 atom stereocenters. The average molecular weight is 559 g/mol. The smallest absolute Gasteiger partial charge is 0.128 e. The van der Waals surface area contributed by atoms with Crippen LogP contribution in [0.4, 0.5) is 0 Å². The van der Waals surface area contributed by atoms with Crippen LogP contribution in [0.3, 0.4) is 0 Å². The lowest BCUT2D eigenvalue weighted by atomic mass is 10.2. The number of benzene rings is 2. The summed E-state index contributed by atoms with van der Waals surface area (Å²) in [5, 5.41) is 26.1. The molecule has 5 heteroatoms.